The van der Waals surface area contributed by atoms with E-state index in [-0.39, 0.29) is 28.5 Å². The van der Waals surface area contributed by atoms with Gasteiger partial charge in [0.25, 0.3) is 0 Å². The Morgan fingerprint density at radius 3 is 2.91 bits per heavy atom. The molecule has 0 bridgehead atoms. The number of halogens is 1. The minimum atomic E-state index is -0.416. The fourth-order valence-corrected chi connectivity index (χ4v) is 4.55. The molecule has 3 aliphatic rings. The lowest BCUT2D eigenvalue weighted by Crippen LogP contribution is -2.45. The van der Waals surface area contributed by atoms with Crippen molar-refractivity contribution in [1.82, 2.24) is 4.90 Å². The van der Waals surface area contributed by atoms with Crippen LogP contribution >= 0.6 is 17.0 Å². The maximum atomic E-state index is 10.2. The number of aliphatic hydroxyl groups is 1. The third kappa shape index (κ3) is 2.24. The third-order valence-electron chi connectivity index (χ3n) is 5.61. The molecular formula is C18H24BrNO3. The van der Waals surface area contributed by atoms with Crippen LogP contribution in [0.5, 0.6) is 11.5 Å². The van der Waals surface area contributed by atoms with Crippen molar-refractivity contribution < 1.29 is 14.6 Å². The first-order valence-electron chi connectivity index (χ1n) is 7.99. The summed E-state index contributed by atoms with van der Waals surface area (Å²) in [5, 5.41) is 10.2. The van der Waals surface area contributed by atoms with Crippen LogP contribution in [0.1, 0.15) is 30.9 Å². The number of nitrogens with zero attached hydrogens (tertiary/aromatic N) is 1. The second-order valence-electron chi connectivity index (χ2n) is 6.85. The fraction of sp³-hybridized carbons (Fsp3) is 0.556. The second kappa shape index (κ2) is 5.80. The molecule has 2 aliphatic heterocycles. The number of hydrogen-bond acceptors (Lipinski definition) is 4. The van der Waals surface area contributed by atoms with E-state index in [4.69, 9.17) is 9.47 Å². The van der Waals surface area contributed by atoms with E-state index in [2.05, 4.69) is 24.9 Å². The largest absolute Gasteiger partial charge is 0.493 e. The summed E-state index contributed by atoms with van der Waals surface area (Å²) >= 11 is 0. The number of aliphatic hydroxyl groups excluding tert-OH is 1. The fourth-order valence-electron chi connectivity index (χ4n) is 4.55. The summed E-state index contributed by atoms with van der Waals surface area (Å²) in [5.74, 6) is 1.70. The van der Waals surface area contributed by atoms with Gasteiger partial charge in [-0.3, -0.25) is 0 Å². The van der Waals surface area contributed by atoms with Crippen molar-refractivity contribution in [2.75, 3.05) is 20.7 Å². The van der Waals surface area contributed by atoms with E-state index in [0.29, 0.717) is 6.42 Å². The molecule has 126 valence electrons. The summed E-state index contributed by atoms with van der Waals surface area (Å²) in [6, 6.07) is 4.18. The van der Waals surface area contributed by atoms with Crippen molar-refractivity contribution >= 4 is 17.0 Å². The van der Waals surface area contributed by atoms with Crippen LogP contribution < -0.4 is 9.47 Å². The van der Waals surface area contributed by atoms with Crippen molar-refractivity contribution in [2.24, 2.45) is 0 Å². The molecule has 0 amide bonds. The average Bonchev–Trinajstić information content (AvgIpc) is 2.72. The molecule has 0 saturated heterocycles. The van der Waals surface area contributed by atoms with Crippen LogP contribution in [-0.4, -0.2) is 42.9 Å². The summed E-state index contributed by atoms with van der Waals surface area (Å²) in [7, 11) is 3.86. The Labute approximate surface area is 147 Å². The third-order valence-corrected chi connectivity index (χ3v) is 5.61. The van der Waals surface area contributed by atoms with E-state index in [0.717, 1.165) is 31.0 Å². The zero-order valence-electron chi connectivity index (χ0n) is 13.8. The van der Waals surface area contributed by atoms with Gasteiger partial charge in [-0.15, -0.1) is 17.0 Å². The Kier molecular flexibility index (Phi) is 4.23. The van der Waals surface area contributed by atoms with E-state index in [1.165, 1.54) is 16.7 Å². The molecule has 0 unspecified atom stereocenters. The van der Waals surface area contributed by atoms with Gasteiger partial charge >= 0.3 is 0 Å². The molecular weight excluding hydrogens is 358 g/mol. The van der Waals surface area contributed by atoms with Gasteiger partial charge in [-0.05, 0) is 38.6 Å². The molecule has 1 N–H and O–H groups in total. The van der Waals surface area contributed by atoms with Crippen molar-refractivity contribution in [3.05, 3.63) is 34.9 Å². The molecule has 1 aromatic carbocycles. The van der Waals surface area contributed by atoms with Crippen LogP contribution in [-0.2, 0) is 12.0 Å². The van der Waals surface area contributed by atoms with Gasteiger partial charge in [0.1, 0.15) is 6.10 Å². The molecule has 3 atom stereocenters. The highest BCUT2D eigenvalue weighted by Crippen LogP contribution is 2.58. The van der Waals surface area contributed by atoms with Crippen LogP contribution in [0.25, 0.3) is 0 Å². The lowest BCUT2D eigenvalue weighted by Gasteiger charge is -2.40. The van der Waals surface area contributed by atoms with Crippen LogP contribution in [0, 0.1) is 0 Å². The molecule has 0 fully saturated rings. The highest BCUT2D eigenvalue weighted by molar-refractivity contribution is 8.93. The van der Waals surface area contributed by atoms with Crippen molar-refractivity contribution in [2.45, 2.75) is 43.9 Å². The molecule has 0 radical (unpaired) electrons. The number of ether oxygens (including phenoxy) is 2. The van der Waals surface area contributed by atoms with Gasteiger partial charge < -0.3 is 19.5 Å². The average molecular weight is 382 g/mol. The zero-order chi connectivity index (χ0) is 15.5. The molecule has 2 heterocycles. The number of methoxy groups -OCH3 is 1. The van der Waals surface area contributed by atoms with E-state index in [1.807, 2.05) is 12.1 Å². The first-order chi connectivity index (χ1) is 10.6. The Bertz CT molecular complexity index is 660. The molecule has 5 heteroatoms. The van der Waals surface area contributed by atoms with Crippen molar-refractivity contribution in [3.63, 3.8) is 0 Å². The number of rotatable bonds is 1. The van der Waals surface area contributed by atoms with Gasteiger partial charge in [0.05, 0.1) is 18.6 Å². The molecule has 0 saturated carbocycles. The molecule has 23 heavy (non-hydrogen) atoms. The van der Waals surface area contributed by atoms with Gasteiger partial charge in [-0.25, -0.2) is 0 Å². The number of benzene rings is 1. The van der Waals surface area contributed by atoms with E-state index < -0.39 is 6.10 Å². The molecule has 1 spiro atoms. The van der Waals surface area contributed by atoms with E-state index >= 15 is 0 Å². The predicted molar refractivity (Wildman–Crippen MR) is 94.7 cm³/mol. The monoisotopic (exact) mass is 381 g/mol. The van der Waals surface area contributed by atoms with Crippen molar-refractivity contribution in [1.29, 1.82) is 0 Å². The Morgan fingerprint density at radius 1 is 1.39 bits per heavy atom. The van der Waals surface area contributed by atoms with Crippen LogP contribution in [0.2, 0.25) is 0 Å². The molecule has 0 aromatic heterocycles. The Balaban J connectivity index is 0.00000156. The molecule has 4 rings (SSSR count). The standard InChI is InChI=1S/C18H23NO3.BrH/c1-11-8-13(20)9-15-18(11)6-7-19(2)10-12-4-5-14(21-3)17(22-15)16(12)18;/h4-5,8,13,15,20H,6-7,9-10H2,1-3H3;1H/t13-,15-,18+;/m0./s1. The Morgan fingerprint density at radius 2 is 2.17 bits per heavy atom. The quantitative estimate of drug-likeness (QED) is 0.759. The van der Waals surface area contributed by atoms with Gasteiger partial charge in [-0.1, -0.05) is 17.7 Å². The first kappa shape index (κ1) is 16.8. The molecule has 1 aromatic rings. The predicted octanol–water partition coefficient (Wildman–Crippen LogP) is 2.82. The summed E-state index contributed by atoms with van der Waals surface area (Å²) in [6.07, 6.45) is 3.28. The number of hydrogen-bond donors (Lipinski definition) is 1. The Hall–Kier alpha value is -1.04. The van der Waals surface area contributed by atoms with Gasteiger partial charge in [0.2, 0.25) is 0 Å². The van der Waals surface area contributed by atoms with Crippen LogP contribution in [0.15, 0.2) is 23.8 Å². The summed E-state index contributed by atoms with van der Waals surface area (Å²) in [4.78, 5) is 2.37. The summed E-state index contributed by atoms with van der Waals surface area (Å²) < 4.78 is 11.9. The lowest BCUT2D eigenvalue weighted by molar-refractivity contribution is 0.0762. The second-order valence-corrected chi connectivity index (χ2v) is 6.85. The smallest absolute Gasteiger partial charge is 0.166 e. The van der Waals surface area contributed by atoms with E-state index in [9.17, 15) is 5.11 Å². The summed E-state index contributed by atoms with van der Waals surface area (Å²) in [5.41, 5.74) is 3.74. The topological polar surface area (TPSA) is 41.9 Å². The highest BCUT2D eigenvalue weighted by atomic mass is 79.9. The maximum Gasteiger partial charge on any atom is 0.166 e. The van der Waals surface area contributed by atoms with Gasteiger partial charge in [0.15, 0.2) is 11.5 Å². The highest BCUT2D eigenvalue weighted by Gasteiger charge is 2.55. The first-order valence-corrected chi connectivity index (χ1v) is 7.99. The van der Waals surface area contributed by atoms with Crippen molar-refractivity contribution in [3.8, 4) is 11.5 Å². The van der Waals surface area contributed by atoms with Crippen LogP contribution in [0.4, 0.5) is 0 Å². The SMILES string of the molecule is Br.COc1ccc2c3c1O[C@H]1C[C@@H](O)C=C(C)[C@@]31CCN(C)C2. The van der Waals surface area contributed by atoms with Gasteiger partial charge in [0, 0.05) is 18.5 Å². The minimum Gasteiger partial charge on any atom is -0.493 e. The lowest BCUT2D eigenvalue weighted by atomic mass is 9.64. The normalized spacial score (nSPS) is 31.9. The van der Waals surface area contributed by atoms with E-state index in [1.54, 1.807) is 7.11 Å². The maximum absolute atomic E-state index is 10.2. The van der Waals surface area contributed by atoms with Crippen LogP contribution in [0.3, 0.4) is 0 Å². The molecule has 1 aliphatic carbocycles. The molecule has 4 nitrogen and oxygen atoms in total. The minimum absolute atomic E-state index is 0. The zero-order valence-corrected chi connectivity index (χ0v) is 15.5. The summed E-state index contributed by atoms with van der Waals surface area (Å²) in [6.45, 7) is 4.10. The van der Waals surface area contributed by atoms with Gasteiger partial charge in [-0.2, -0.15) is 0 Å².